The number of benzene rings is 2. The highest BCUT2D eigenvalue weighted by Crippen LogP contribution is 2.33. The van der Waals surface area contributed by atoms with Crippen molar-refractivity contribution >= 4 is 51.0 Å². The molecule has 14 heteroatoms. The Labute approximate surface area is 224 Å². The van der Waals surface area contributed by atoms with Crippen LogP contribution in [0.2, 0.25) is 0 Å². The van der Waals surface area contributed by atoms with Gasteiger partial charge in [-0.2, -0.15) is 0 Å². The smallest absolute Gasteiger partial charge is 0.333 e. The molecule has 3 rings (SSSR count). The van der Waals surface area contributed by atoms with E-state index in [4.69, 9.17) is 20.2 Å². The summed E-state index contributed by atoms with van der Waals surface area (Å²) in [6.45, 7) is 5.16. The van der Waals surface area contributed by atoms with Crippen molar-refractivity contribution < 1.29 is 38.1 Å². The molecule has 0 aromatic heterocycles. The standard InChI is InChI=1S/C24H22ClN3O9S/c1-14(2)21(24(32)36-12-15-7-9-17(10-8-15)28(33)34)27-22(31)20(23(27)38(25)35)26-19(30)11-16-5-3-4-6-18(16)37-13-29/h3-10,13,20-21,23H,1,11-12H2,2H3,(H,26,30). The van der Waals surface area contributed by atoms with Gasteiger partial charge in [0.1, 0.15) is 12.4 Å². The van der Waals surface area contributed by atoms with Crippen molar-refractivity contribution in [2.24, 2.45) is 0 Å². The molecule has 38 heavy (non-hydrogen) atoms. The number of carbonyl (C=O) groups is 4. The van der Waals surface area contributed by atoms with E-state index in [1.807, 2.05) is 0 Å². The SMILES string of the molecule is C=C(C)C(C(=O)OCc1ccc([N+](=O)[O-])cc1)N1C(=O)C(NC(=O)Cc2ccccc2OC=O)C1[S+]([O-])Cl. The molecule has 4 unspecified atom stereocenters. The summed E-state index contributed by atoms with van der Waals surface area (Å²) >= 11 is 0. The number of hydrogen-bond donors (Lipinski definition) is 1. The minimum Gasteiger partial charge on any atom is -0.597 e. The fourth-order valence-electron chi connectivity index (χ4n) is 3.80. The lowest BCUT2D eigenvalue weighted by molar-refractivity contribution is -0.384. The molecule has 1 aliphatic heterocycles. The number of amides is 2. The molecule has 0 aliphatic carbocycles. The van der Waals surface area contributed by atoms with Gasteiger partial charge >= 0.3 is 5.97 Å². The molecule has 1 heterocycles. The number of hydrogen-bond acceptors (Lipinski definition) is 9. The molecule has 12 nitrogen and oxygen atoms in total. The summed E-state index contributed by atoms with van der Waals surface area (Å²) in [6.07, 6.45) is -0.253. The number of nitrogens with one attached hydrogen (secondary N) is 1. The van der Waals surface area contributed by atoms with E-state index in [1.165, 1.54) is 37.3 Å². The van der Waals surface area contributed by atoms with E-state index in [0.717, 1.165) is 4.90 Å². The quantitative estimate of drug-likeness (QED) is 0.0771. The Hall–Kier alpha value is -3.94. The molecular formula is C24H22ClN3O9S. The summed E-state index contributed by atoms with van der Waals surface area (Å²) in [7, 11) is 3.65. The molecule has 0 radical (unpaired) electrons. The van der Waals surface area contributed by atoms with Gasteiger partial charge in [0, 0.05) is 17.7 Å². The van der Waals surface area contributed by atoms with Crippen molar-refractivity contribution in [3.05, 3.63) is 81.9 Å². The predicted octanol–water partition coefficient (Wildman–Crippen LogP) is 1.92. The lowest BCUT2D eigenvalue weighted by atomic mass is 9.99. The highest BCUT2D eigenvalue weighted by molar-refractivity contribution is 8.14. The van der Waals surface area contributed by atoms with Gasteiger partial charge in [-0.1, -0.05) is 24.8 Å². The van der Waals surface area contributed by atoms with E-state index in [9.17, 15) is 33.8 Å². The van der Waals surface area contributed by atoms with Gasteiger partial charge in [-0.15, -0.1) is 0 Å². The summed E-state index contributed by atoms with van der Waals surface area (Å²) in [6, 6.07) is 8.99. The van der Waals surface area contributed by atoms with Gasteiger partial charge < -0.3 is 19.3 Å². The highest BCUT2D eigenvalue weighted by Gasteiger charge is 2.60. The Morgan fingerprint density at radius 1 is 1.26 bits per heavy atom. The minimum atomic E-state index is -2.20. The molecule has 0 spiro atoms. The summed E-state index contributed by atoms with van der Waals surface area (Å²) in [5.41, 5.74) is 0.898. The molecule has 2 amide bonds. The summed E-state index contributed by atoms with van der Waals surface area (Å²) < 4.78 is 22.4. The van der Waals surface area contributed by atoms with Crippen molar-refractivity contribution in [1.29, 1.82) is 0 Å². The first-order chi connectivity index (χ1) is 18.0. The molecule has 200 valence electrons. The number of ether oxygens (including phenoxy) is 2. The third kappa shape index (κ3) is 6.49. The first-order valence-corrected chi connectivity index (χ1v) is 13.0. The molecule has 2 aromatic rings. The van der Waals surface area contributed by atoms with Crippen LogP contribution < -0.4 is 10.1 Å². The molecule has 0 bridgehead atoms. The van der Waals surface area contributed by atoms with E-state index in [2.05, 4.69) is 11.9 Å². The molecule has 1 fully saturated rings. The predicted molar refractivity (Wildman–Crippen MR) is 135 cm³/mol. The van der Waals surface area contributed by atoms with Gasteiger partial charge in [-0.3, -0.25) is 29.4 Å². The van der Waals surface area contributed by atoms with Crippen molar-refractivity contribution in [1.82, 2.24) is 10.2 Å². The van der Waals surface area contributed by atoms with Crippen molar-refractivity contribution in [3.63, 3.8) is 0 Å². The van der Waals surface area contributed by atoms with Crippen LogP contribution in [0.4, 0.5) is 5.69 Å². The largest absolute Gasteiger partial charge is 0.597 e. The molecule has 1 saturated heterocycles. The van der Waals surface area contributed by atoms with Crippen LogP contribution in [-0.4, -0.2) is 56.1 Å². The van der Waals surface area contributed by atoms with Crippen LogP contribution in [-0.2, 0) is 47.3 Å². The molecule has 1 N–H and O–H groups in total. The van der Waals surface area contributed by atoms with Crippen LogP contribution >= 0.6 is 10.7 Å². The van der Waals surface area contributed by atoms with Gasteiger partial charge in [-0.05, 0) is 36.3 Å². The van der Waals surface area contributed by atoms with Gasteiger partial charge in [0.15, 0.2) is 22.8 Å². The summed E-state index contributed by atoms with van der Waals surface area (Å²) in [5.74, 6) is -2.09. The molecule has 2 aromatic carbocycles. The third-order valence-electron chi connectivity index (χ3n) is 5.58. The molecule has 0 saturated carbocycles. The Morgan fingerprint density at radius 2 is 1.92 bits per heavy atom. The Morgan fingerprint density at radius 3 is 2.50 bits per heavy atom. The molecule has 4 atom stereocenters. The zero-order valence-corrected chi connectivity index (χ0v) is 21.5. The number of nitro benzene ring substituents is 1. The number of halogens is 1. The van der Waals surface area contributed by atoms with Crippen LogP contribution in [0, 0.1) is 10.1 Å². The maximum atomic E-state index is 13.0. The average Bonchev–Trinajstić information content (AvgIpc) is 2.87. The van der Waals surface area contributed by atoms with Crippen LogP contribution in [0.1, 0.15) is 18.1 Å². The number of rotatable bonds is 12. The second-order valence-corrected chi connectivity index (χ2v) is 10.1. The number of likely N-dealkylation sites (tertiary alicyclic amines) is 1. The number of non-ortho nitro benzene ring substituents is 1. The summed E-state index contributed by atoms with van der Waals surface area (Å²) in [5, 5.41) is 12.0. The van der Waals surface area contributed by atoms with E-state index >= 15 is 0 Å². The van der Waals surface area contributed by atoms with Crippen LogP contribution in [0.15, 0.2) is 60.7 Å². The van der Waals surface area contributed by atoms with Gasteiger partial charge in [-0.25, -0.2) is 4.79 Å². The van der Waals surface area contributed by atoms with E-state index in [1.54, 1.807) is 18.2 Å². The van der Waals surface area contributed by atoms with Gasteiger partial charge in [0.25, 0.3) is 18.1 Å². The topological polar surface area (TPSA) is 168 Å². The normalized spacial score (nSPS) is 18.0. The Kier molecular flexibility index (Phi) is 9.45. The third-order valence-corrected chi connectivity index (χ3v) is 7.01. The second kappa shape index (κ2) is 12.5. The first-order valence-electron chi connectivity index (χ1n) is 11.0. The van der Waals surface area contributed by atoms with Gasteiger partial charge in [0.05, 0.1) is 21.7 Å². The van der Waals surface area contributed by atoms with Crippen LogP contribution in [0.25, 0.3) is 0 Å². The maximum Gasteiger partial charge on any atom is 0.333 e. The Balaban J connectivity index is 1.69. The number of β-lactam (4-membered cyclic amide) rings is 1. The Bertz CT molecular complexity index is 1250. The lowest BCUT2D eigenvalue weighted by Gasteiger charge is -2.47. The molecule has 1 aliphatic rings. The van der Waals surface area contributed by atoms with Crippen LogP contribution in [0.3, 0.4) is 0 Å². The number of nitrogens with zero attached hydrogens (tertiary/aromatic N) is 2. The summed E-state index contributed by atoms with van der Waals surface area (Å²) in [4.78, 5) is 60.4. The highest BCUT2D eigenvalue weighted by atomic mass is 35.7. The van der Waals surface area contributed by atoms with E-state index in [-0.39, 0.29) is 36.5 Å². The fourth-order valence-corrected chi connectivity index (χ4v) is 5.17. The van der Waals surface area contributed by atoms with Crippen molar-refractivity contribution in [3.8, 4) is 5.75 Å². The van der Waals surface area contributed by atoms with Crippen molar-refractivity contribution in [2.75, 3.05) is 0 Å². The second-order valence-electron chi connectivity index (χ2n) is 8.21. The molecular weight excluding hydrogens is 542 g/mol. The number of para-hydroxylation sites is 1. The van der Waals surface area contributed by atoms with Crippen LogP contribution in [0.5, 0.6) is 5.75 Å². The fraction of sp³-hybridized carbons (Fsp3) is 0.250. The first kappa shape index (κ1) is 28.6. The average molecular weight is 564 g/mol. The van der Waals surface area contributed by atoms with E-state index in [0.29, 0.717) is 11.1 Å². The monoisotopic (exact) mass is 563 g/mol. The number of esters is 1. The lowest BCUT2D eigenvalue weighted by Crippen LogP contribution is -2.75. The number of nitro groups is 1. The minimum absolute atomic E-state index is 0.133. The van der Waals surface area contributed by atoms with Gasteiger partial charge in [0.2, 0.25) is 11.3 Å². The number of carbonyl (C=O) groups excluding carboxylic acids is 4. The zero-order chi connectivity index (χ0) is 28.0. The van der Waals surface area contributed by atoms with Crippen molar-refractivity contribution in [2.45, 2.75) is 37.4 Å². The maximum absolute atomic E-state index is 13.0. The van der Waals surface area contributed by atoms with E-state index < -0.39 is 50.6 Å². The zero-order valence-electron chi connectivity index (χ0n) is 19.9.